The zero-order valence-electron chi connectivity index (χ0n) is 12.5. The zero-order valence-corrected chi connectivity index (χ0v) is 13.3. The largest absolute Gasteiger partial charge is 0.495 e. The highest BCUT2D eigenvalue weighted by Crippen LogP contribution is 2.35. The summed E-state index contributed by atoms with van der Waals surface area (Å²) in [6.07, 6.45) is -0.0905. The third-order valence-electron chi connectivity index (χ3n) is 3.57. The summed E-state index contributed by atoms with van der Waals surface area (Å²) in [5.74, 6) is -1.56. The molecule has 1 heterocycles. The monoisotopic (exact) mass is 340 g/mol. The summed E-state index contributed by atoms with van der Waals surface area (Å²) in [5.41, 5.74) is 0.519. The molecule has 1 fully saturated rings. The first kappa shape index (κ1) is 17.1. The molecular weight excluding hydrogens is 324 g/mol. The highest BCUT2D eigenvalue weighted by atomic mass is 35.5. The standard InChI is InChI=1S/C15H17ClN2O5/c1-23-12-3-2-10(16)7-11(12)18-8-9(6-13(18)19)15(22)17-5-4-14(20)21/h2-3,7,9H,4-6,8H2,1H3,(H,17,22)(H,20,21). The molecule has 1 unspecified atom stereocenters. The Hall–Kier alpha value is -2.28. The summed E-state index contributed by atoms with van der Waals surface area (Å²) in [5, 5.41) is 11.6. The molecule has 0 bridgehead atoms. The topological polar surface area (TPSA) is 95.9 Å². The average Bonchev–Trinajstić information content (AvgIpc) is 2.88. The van der Waals surface area contributed by atoms with Gasteiger partial charge < -0.3 is 20.1 Å². The molecule has 1 aliphatic heterocycles. The van der Waals surface area contributed by atoms with Gasteiger partial charge in [-0.3, -0.25) is 14.4 Å². The number of amides is 2. The molecule has 0 radical (unpaired) electrons. The number of carboxylic acids is 1. The Labute approximate surface area is 138 Å². The third kappa shape index (κ3) is 4.13. The highest BCUT2D eigenvalue weighted by Gasteiger charge is 2.36. The maximum Gasteiger partial charge on any atom is 0.305 e. The molecule has 7 nitrogen and oxygen atoms in total. The number of aliphatic carboxylic acids is 1. The molecule has 0 aromatic heterocycles. The number of rotatable bonds is 6. The third-order valence-corrected chi connectivity index (χ3v) is 3.80. The van der Waals surface area contributed by atoms with E-state index in [0.29, 0.717) is 16.5 Å². The van der Waals surface area contributed by atoms with E-state index in [1.54, 1.807) is 18.2 Å². The van der Waals surface area contributed by atoms with Crippen LogP contribution in [0.3, 0.4) is 0 Å². The summed E-state index contributed by atoms with van der Waals surface area (Å²) < 4.78 is 5.23. The maximum atomic E-state index is 12.2. The van der Waals surface area contributed by atoms with Gasteiger partial charge in [0.05, 0.1) is 25.1 Å². The van der Waals surface area contributed by atoms with Gasteiger partial charge in [0.15, 0.2) is 0 Å². The van der Waals surface area contributed by atoms with Crippen LogP contribution in [0.1, 0.15) is 12.8 Å². The Morgan fingerprint density at radius 1 is 1.48 bits per heavy atom. The summed E-state index contributed by atoms with van der Waals surface area (Å²) >= 11 is 5.97. The van der Waals surface area contributed by atoms with Gasteiger partial charge in [-0.25, -0.2) is 0 Å². The van der Waals surface area contributed by atoms with Gasteiger partial charge in [-0.2, -0.15) is 0 Å². The molecule has 1 aliphatic rings. The molecule has 1 aromatic rings. The van der Waals surface area contributed by atoms with Crippen LogP contribution in [-0.4, -0.2) is 43.1 Å². The first-order chi connectivity index (χ1) is 10.9. The first-order valence-corrected chi connectivity index (χ1v) is 7.43. The fourth-order valence-corrected chi connectivity index (χ4v) is 2.59. The number of carbonyl (C=O) groups is 3. The van der Waals surface area contributed by atoms with Crippen molar-refractivity contribution in [2.45, 2.75) is 12.8 Å². The predicted octanol–water partition coefficient (Wildman–Crippen LogP) is 1.29. The van der Waals surface area contributed by atoms with Crippen molar-refractivity contribution in [2.24, 2.45) is 5.92 Å². The van der Waals surface area contributed by atoms with Crippen molar-refractivity contribution < 1.29 is 24.2 Å². The molecule has 2 rings (SSSR count). The molecule has 8 heteroatoms. The van der Waals surface area contributed by atoms with Gasteiger partial charge in [0, 0.05) is 24.5 Å². The van der Waals surface area contributed by atoms with Gasteiger partial charge in [0.25, 0.3) is 0 Å². The molecule has 1 saturated heterocycles. The van der Waals surface area contributed by atoms with E-state index >= 15 is 0 Å². The van der Waals surface area contributed by atoms with Crippen molar-refractivity contribution in [3.63, 3.8) is 0 Å². The second-order valence-electron chi connectivity index (χ2n) is 5.16. The molecule has 2 N–H and O–H groups in total. The summed E-state index contributed by atoms with van der Waals surface area (Å²) in [4.78, 5) is 36.2. The average molecular weight is 341 g/mol. The Morgan fingerprint density at radius 3 is 2.87 bits per heavy atom. The zero-order chi connectivity index (χ0) is 17.0. The molecule has 1 aromatic carbocycles. The Bertz CT molecular complexity index is 634. The summed E-state index contributed by atoms with van der Waals surface area (Å²) in [6.45, 7) is 0.244. The molecule has 2 amide bonds. The molecule has 124 valence electrons. The van der Waals surface area contributed by atoms with E-state index in [9.17, 15) is 14.4 Å². The number of carboxylic acid groups (broad SMARTS) is 1. The van der Waals surface area contributed by atoms with E-state index < -0.39 is 11.9 Å². The van der Waals surface area contributed by atoms with Gasteiger partial charge >= 0.3 is 5.97 Å². The van der Waals surface area contributed by atoms with Crippen LogP contribution in [0.15, 0.2) is 18.2 Å². The fourth-order valence-electron chi connectivity index (χ4n) is 2.43. The minimum Gasteiger partial charge on any atom is -0.495 e. The number of carbonyl (C=O) groups excluding carboxylic acids is 2. The minimum atomic E-state index is -0.988. The van der Waals surface area contributed by atoms with Gasteiger partial charge in [0.1, 0.15) is 5.75 Å². The number of anilines is 1. The predicted molar refractivity (Wildman–Crippen MR) is 83.7 cm³/mol. The number of nitrogens with one attached hydrogen (secondary N) is 1. The minimum absolute atomic E-state index is 0.0410. The van der Waals surface area contributed by atoms with Crippen LogP contribution in [0.25, 0.3) is 0 Å². The lowest BCUT2D eigenvalue weighted by molar-refractivity contribution is -0.137. The molecule has 1 atom stereocenters. The van der Waals surface area contributed by atoms with Crippen LogP contribution in [-0.2, 0) is 14.4 Å². The van der Waals surface area contributed by atoms with E-state index in [4.69, 9.17) is 21.4 Å². The fraction of sp³-hybridized carbons (Fsp3) is 0.400. The van der Waals surface area contributed by atoms with Crippen molar-refractivity contribution in [1.29, 1.82) is 0 Å². The Balaban J connectivity index is 2.07. The number of nitrogens with zero attached hydrogens (tertiary/aromatic N) is 1. The van der Waals surface area contributed by atoms with Crippen LogP contribution in [0.4, 0.5) is 5.69 Å². The van der Waals surface area contributed by atoms with Gasteiger partial charge in [-0.05, 0) is 18.2 Å². The lowest BCUT2D eigenvalue weighted by Gasteiger charge is -2.19. The second-order valence-corrected chi connectivity index (χ2v) is 5.59. The number of halogens is 1. The van der Waals surface area contributed by atoms with E-state index in [0.717, 1.165) is 0 Å². The van der Waals surface area contributed by atoms with Gasteiger partial charge in [0.2, 0.25) is 11.8 Å². The SMILES string of the molecule is COc1ccc(Cl)cc1N1CC(C(=O)NCCC(=O)O)CC1=O. The van der Waals surface area contributed by atoms with Crippen molar-refractivity contribution >= 4 is 35.1 Å². The van der Waals surface area contributed by atoms with Crippen molar-refractivity contribution in [3.05, 3.63) is 23.2 Å². The number of benzene rings is 1. The van der Waals surface area contributed by atoms with Crippen LogP contribution >= 0.6 is 11.6 Å². The summed E-state index contributed by atoms with van der Waals surface area (Å²) in [7, 11) is 1.49. The van der Waals surface area contributed by atoms with Gasteiger partial charge in [-0.1, -0.05) is 11.6 Å². The van der Waals surface area contributed by atoms with E-state index in [1.165, 1.54) is 12.0 Å². The second kappa shape index (κ2) is 7.32. The van der Waals surface area contributed by atoms with Crippen LogP contribution in [0.5, 0.6) is 5.75 Å². The van der Waals surface area contributed by atoms with Crippen LogP contribution in [0.2, 0.25) is 5.02 Å². The van der Waals surface area contributed by atoms with E-state index in [-0.39, 0.29) is 37.7 Å². The van der Waals surface area contributed by atoms with Crippen LogP contribution in [0, 0.1) is 5.92 Å². The number of ether oxygens (including phenoxy) is 1. The molecule has 0 saturated carbocycles. The van der Waals surface area contributed by atoms with Crippen molar-refractivity contribution in [1.82, 2.24) is 5.32 Å². The Kier molecular flexibility index (Phi) is 5.44. The van der Waals surface area contributed by atoms with Crippen molar-refractivity contribution in [2.75, 3.05) is 25.1 Å². The number of hydrogen-bond acceptors (Lipinski definition) is 4. The molecule has 0 spiro atoms. The quantitative estimate of drug-likeness (QED) is 0.813. The normalized spacial score (nSPS) is 17.2. The lowest BCUT2D eigenvalue weighted by Crippen LogP contribution is -2.34. The highest BCUT2D eigenvalue weighted by molar-refractivity contribution is 6.31. The van der Waals surface area contributed by atoms with E-state index in [2.05, 4.69) is 5.32 Å². The smallest absolute Gasteiger partial charge is 0.305 e. The van der Waals surface area contributed by atoms with Gasteiger partial charge in [-0.15, -0.1) is 0 Å². The molecule has 23 heavy (non-hydrogen) atoms. The lowest BCUT2D eigenvalue weighted by atomic mass is 10.1. The molecular formula is C15H17ClN2O5. The number of methoxy groups -OCH3 is 1. The Morgan fingerprint density at radius 2 is 2.22 bits per heavy atom. The maximum absolute atomic E-state index is 12.2. The first-order valence-electron chi connectivity index (χ1n) is 7.05. The summed E-state index contributed by atoms with van der Waals surface area (Å²) in [6, 6.07) is 4.93. The van der Waals surface area contributed by atoms with Crippen LogP contribution < -0.4 is 15.0 Å². The van der Waals surface area contributed by atoms with Crippen molar-refractivity contribution in [3.8, 4) is 5.75 Å². The molecule has 0 aliphatic carbocycles. The number of hydrogen-bond donors (Lipinski definition) is 2. The van der Waals surface area contributed by atoms with E-state index in [1.807, 2.05) is 0 Å².